The minimum atomic E-state index is -1.29. The normalized spacial score (nSPS) is 12.4. The molecule has 0 bridgehead atoms. The first kappa shape index (κ1) is 16.6. The quantitative estimate of drug-likeness (QED) is 0.635. The molecule has 3 rings (SSSR count). The topological polar surface area (TPSA) is 77.1 Å². The average Bonchev–Trinajstić information content (AvgIpc) is 3.03. The highest BCUT2D eigenvalue weighted by Gasteiger charge is 2.12. The fourth-order valence-corrected chi connectivity index (χ4v) is 3.21. The maximum absolute atomic E-state index is 12.5. The summed E-state index contributed by atoms with van der Waals surface area (Å²) < 4.78 is 23.3. The number of imidazole rings is 1. The largest absolute Gasteiger partial charge is 0.491 e. The minimum Gasteiger partial charge on any atom is -0.491 e. The standard InChI is InChI=1S/C17H19N3O3S/c1-2-22-9-10-23-14-7-8-18-13(11-14)12-24(21)17-19-15-5-3-4-6-16(15)20-17/h3-8,11H,2,9-10,12H2,1H3,(H,19,20). The third-order valence-corrected chi connectivity index (χ3v) is 4.53. The van der Waals surface area contributed by atoms with E-state index in [1.165, 1.54) is 0 Å². The van der Waals surface area contributed by atoms with Gasteiger partial charge >= 0.3 is 0 Å². The van der Waals surface area contributed by atoms with E-state index in [9.17, 15) is 4.21 Å². The minimum absolute atomic E-state index is 0.280. The molecule has 1 unspecified atom stereocenters. The first-order valence-electron chi connectivity index (χ1n) is 7.75. The second kappa shape index (κ2) is 8.03. The van der Waals surface area contributed by atoms with E-state index in [2.05, 4.69) is 15.0 Å². The maximum Gasteiger partial charge on any atom is 0.197 e. The Morgan fingerprint density at radius 3 is 2.92 bits per heavy atom. The van der Waals surface area contributed by atoms with Gasteiger partial charge in [0.2, 0.25) is 0 Å². The lowest BCUT2D eigenvalue weighted by molar-refractivity contribution is 0.110. The molecule has 1 atom stereocenters. The molecule has 6 nitrogen and oxygen atoms in total. The monoisotopic (exact) mass is 345 g/mol. The molecule has 2 aromatic heterocycles. The molecular weight excluding hydrogens is 326 g/mol. The molecule has 0 aliphatic heterocycles. The van der Waals surface area contributed by atoms with Crippen LogP contribution in [0.3, 0.4) is 0 Å². The zero-order chi connectivity index (χ0) is 16.8. The van der Waals surface area contributed by atoms with Crippen molar-refractivity contribution >= 4 is 21.8 Å². The van der Waals surface area contributed by atoms with Gasteiger partial charge in [-0.1, -0.05) is 12.1 Å². The number of hydrogen-bond acceptors (Lipinski definition) is 5. The van der Waals surface area contributed by atoms with E-state index in [1.54, 1.807) is 18.3 Å². The molecule has 0 fully saturated rings. The van der Waals surface area contributed by atoms with Crippen LogP contribution in [-0.4, -0.2) is 39.0 Å². The van der Waals surface area contributed by atoms with Crippen molar-refractivity contribution in [1.29, 1.82) is 0 Å². The summed E-state index contributed by atoms with van der Waals surface area (Å²) in [6.07, 6.45) is 1.65. The first-order chi connectivity index (χ1) is 11.8. The number of benzene rings is 1. The number of aromatic nitrogens is 3. The number of rotatable bonds is 8. The zero-order valence-corrected chi connectivity index (χ0v) is 14.2. The van der Waals surface area contributed by atoms with Crippen LogP contribution in [0.25, 0.3) is 11.0 Å². The summed E-state index contributed by atoms with van der Waals surface area (Å²) >= 11 is 0. The van der Waals surface area contributed by atoms with E-state index >= 15 is 0 Å². The van der Waals surface area contributed by atoms with Gasteiger partial charge in [-0.3, -0.25) is 9.19 Å². The lowest BCUT2D eigenvalue weighted by atomic mass is 10.3. The van der Waals surface area contributed by atoms with Crippen molar-refractivity contribution in [3.63, 3.8) is 0 Å². The molecule has 7 heteroatoms. The fraction of sp³-hybridized carbons (Fsp3) is 0.294. The molecule has 0 amide bonds. The van der Waals surface area contributed by atoms with Gasteiger partial charge in [-0.05, 0) is 25.1 Å². The lowest BCUT2D eigenvalue weighted by Crippen LogP contribution is -2.07. The summed E-state index contributed by atoms with van der Waals surface area (Å²) in [4.78, 5) is 11.7. The lowest BCUT2D eigenvalue weighted by Gasteiger charge is -2.07. The number of nitrogens with one attached hydrogen (secondary N) is 1. The summed E-state index contributed by atoms with van der Waals surface area (Å²) in [6, 6.07) is 11.2. The van der Waals surface area contributed by atoms with Gasteiger partial charge < -0.3 is 14.5 Å². The van der Waals surface area contributed by atoms with Gasteiger partial charge in [-0.25, -0.2) is 4.98 Å². The Labute approximate surface area is 142 Å². The Morgan fingerprint density at radius 2 is 2.08 bits per heavy atom. The van der Waals surface area contributed by atoms with Crippen LogP contribution < -0.4 is 4.74 Å². The molecule has 3 aromatic rings. The third kappa shape index (κ3) is 4.18. The van der Waals surface area contributed by atoms with Crippen LogP contribution in [0.5, 0.6) is 5.75 Å². The zero-order valence-electron chi connectivity index (χ0n) is 13.4. The third-order valence-electron chi connectivity index (χ3n) is 3.35. The summed E-state index contributed by atoms with van der Waals surface area (Å²) in [5, 5.41) is 0.459. The summed E-state index contributed by atoms with van der Waals surface area (Å²) in [5.41, 5.74) is 2.38. The Bertz CT molecular complexity index is 802. The fourth-order valence-electron chi connectivity index (χ4n) is 2.23. The van der Waals surface area contributed by atoms with E-state index in [0.717, 1.165) is 11.0 Å². The highest BCUT2D eigenvalue weighted by Crippen LogP contribution is 2.17. The number of nitrogens with zero attached hydrogens (tertiary/aromatic N) is 2. The number of para-hydroxylation sites is 2. The van der Waals surface area contributed by atoms with Crippen molar-refractivity contribution in [2.45, 2.75) is 17.8 Å². The van der Waals surface area contributed by atoms with E-state index in [-0.39, 0.29) is 5.75 Å². The van der Waals surface area contributed by atoms with Gasteiger partial charge in [0.05, 0.1) is 39.9 Å². The van der Waals surface area contributed by atoms with Gasteiger partial charge in [-0.2, -0.15) is 0 Å². The van der Waals surface area contributed by atoms with Gasteiger partial charge in [0, 0.05) is 18.9 Å². The predicted octanol–water partition coefficient (Wildman–Crippen LogP) is 2.68. The van der Waals surface area contributed by atoms with Crippen LogP contribution in [0.1, 0.15) is 12.6 Å². The second-order valence-electron chi connectivity index (χ2n) is 5.08. The van der Waals surface area contributed by atoms with E-state index in [1.807, 2.05) is 31.2 Å². The summed E-state index contributed by atoms with van der Waals surface area (Å²) in [6.45, 7) is 3.63. The van der Waals surface area contributed by atoms with Crippen LogP contribution in [0.2, 0.25) is 0 Å². The van der Waals surface area contributed by atoms with Gasteiger partial charge in [0.25, 0.3) is 0 Å². The van der Waals surface area contributed by atoms with E-state index < -0.39 is 10.8 Å². The van der Waals surface area contributed by atoms with Crippen molar-refractivity contribution in [1.82, 2.24) is 15.0 Å². The molecule has 0 aliphatic rings. The molecule has 126 valence electrons. The molecule has 2 heterocycles. The van der Waals surface area contributed by atoms with Crippen molar-refractivity contribution in [3.05, 3.63) is 48.3 Å². The van der Waals surface area contributed by atoms with Crippen LogP contribution in [0, 0.1) is 0 Å². The molecule has 0 saturated heterocycles. The van der Waals surface area contributed by atoms with Gasteiger partial charge in [-0.15, -0.1) is 0 Å². The maximum atomic E-state index is 12.5. The summed E-state index contributed by atoms with van der Waals surface area (Å²) in [5.74, 6) is 0.976. The van der Waals surface area contributed by atoms with Crippen molar-refractivity contribution in [2.24, 2.45) is 0 Å². The van der Waals surface area contributed by atoms with Gasteiger partial charge in [0.15, 0.2) is 5.16 Å². The van der Waals surface area contributed by atoms with E-state index in [0.29, 0.717) is 36.4 Å². The number of ether oxygens (including phenoxy) is 2. The Balaban J connectivity index is 1.65. The number of aromatic amines is 1. The highest BCUT2D eigenvalue weighted by molar-refractivity contribution is 7.84. The SMILES string of the molecule is CCOCCOc1ccnc(CS(=O)c2nc3ccccc3[nH]2)c1. The van der Waals surface area contributed by atoms with Crippen molar-refractivity contribution < 1.29 is 13.7 Å². The molecule has 24 heavy (non-hydrogen) atoms. The predicted molar refractivity (Wildman–Crippen MR) is 92.4 cm³/mol. The highest BCUT2D eigenvalue weighted by atomic mass is 32.2. The first-order valence-corrected chi connectivity index (χ1v) is 9.06. The second-order valence-corrected chi connectivity index (χ2v) is 6.44. The van der Waals surface area contributed by atoms with Crippen molar-refractivity contribution in [2.75, 3.05) is 19.8 Å². The molecular formula is C17H19N3O3S. The van der Waals surface area contributed by atoms with Gasteiger partial charge in [0.1, 0.15) is 12.4 Å². The number of fused-ring (bicyclic) bond motifs is 1. The van der Waals surface area contributed by atoms with E-state index in [4.69, 9.17) is 9.47 Å². The Kier molecular flexibility index (Phi) is 5.55. The van der Waals surface area contributed by atoms with Crippen LogP contribution in [-0.2, 0) is 21.3 Å². The average molecular weight is 345 g/mol. The molecule has 0 spiro atoms. The molecule has 1 N–H and O–H groups in total. The molecule has 0 saturated carbocycles. The molecule has 0 aliphatic carbocycles. The number of H-pyrrole nitrogens is 1. The number of pyridine rings is 1. The van der Waals surface area contributed by atoms with Crippen LogP contribution >= 0.6 is 0 Å². The smallest absolute Gasteiger partial charge is 0.197 e. The molecule has 0 radical (unpaired) electrons. The number of hydrogen-bond donors (Lipinski definition) is 1. The molecule has 1 aromatic carbocycles. The summed E-state index contributed by atoms with van der Waals surface area (Å²) in [7, 11) is -1.29. The van der Waals surface area contributed by atoms with Crippen LogP contribution in [0.4, 0.5) is 0 Å². The Hall–Kier alpha value is -2.25. The van der Waals surface area contributed by atoms with Crippen LogP contribution in [0.15, 0.2) is 47.8 Å². The van der Waals surface area contributed by atoms with Crippen molar-refractivity contribution in [3.8, 4) is 5.75 Å². The Morgan fingerprint density at radius 1 is 1.21 bits per heavy atom.